The van der Waals surface area contributed by atoms with Crippen LogP contribution in [-0.2, 0) is 0 Å². The summed E-state index contributed by atoms with van der Waals surface area (Å²) < 4.78 is 0.963. The third kappa shape index (κ3) is 4.27. The van der Waals surface area contributed by atoms with Gasteiger partial charge in [-0.3, -0.25) is 9.78 Å². The van der Waals surface area contributed by atoms with Crippen LogP contribution < -0.4 is 10.6 Å². The molecular formula is C18H22BrCl2N3O. The Kier molecular flexibility index (Phi) is 6.71. The van der Waals surface area contributed by atoms with E-state index in [0.29, 0.717) is 12.1 Å². The van der Waals surface area contributed by atoms with Crippen LogP contribution in [0.5, 0.6) is 0 Å². The van der Waals surface area contributed by atoms with Crippen molar-refractivity contribution in [1.82, 2.24) is 15.6 Å². The second-order valence-electron chi connectivity index (χ2n) is 6.75. The maximum absolute atomic E-state index is 12.8. The lowest BCUT2D eigenvalue weighted by molar-refractivity contribution is 0.0925. The van der Waals surface area contributed by atoms with Crippen LogP contribution in [0.25, 0.3) is 10.9 Å². The van der Waals surface area contributed by atoms with Gasteiger partial charge in [0, 0.05) is 33.7 Å². The van der Waals surface area contributed by atoms with E-state index < -0.39 is 0 Å². The Labute approximate surface area is 168 Å². The van der Waals surface area contributed by atoms with Gasteiger partial charge in [0.1, 0.15) is 0 Å². The van der Waals surface area contributed by atoms with Crippen molar-refractivity contribution >= 4 is 57.6 Å². The predicted octanol–water partition coefficient (Wildman–Crippen LogP) is 4.16. The molecule has 4 nitrogen and oxygen atoms in total. The molecular weight excluding hydrogens is 425 g/mol. The summed E-state index contributed by atoms with van der Waals surface area (Å²) in [5, 5.41) is 7.77. The SMILES string of the molecule is Cc1cc(C(=O)NC2CC3CCC(C2)N3)c2cc(Br)ccc2n1.Cl.Cl. The summed E-state index contributed by atoms with van der Waals surface area (Å²) in [6, 6.07) is 9.20. The van der Waals surface area contributed by atoms with Crippen molar-refractivity contribution in [3.05, 3.63) is 40.0 Å². The first kappa shape index (κ1) is 20.4. The van der Waals surface area contributed by atoms with Gasteiger partial charge in [-0.1, -0.05) is 15.9 Å². The van der Waals surface area contributed by atoms with Gasteiger partial charge in [-0.2, -0.15) is 0 Å². The number of halogens is 3. The number of benzene rings is 1. The minimum atomic E-state index is 0. The smallest absolute Gasteiger partial charge is 0.252 e. The highest BCUT2D eigenvalue weighted by atomic mass is 79.9. The molecule has 2 N–H and O–H groups in total. The van der Waals surface area contributed by atoms with E-state index in [-0.39, 0.29) is 36.8 Å². The molecule has 3 heterocycles. The lowest BCUT2D eigenvalue weighted by Crippen LogP contribution is -2.48. The summed E-state index contributed by atoms with van der Waals surface area (Å²) in [5.41, 5.74) is 2.46. The number of carbonyl (C=O) groups excluding carboxylic acids is 1. The van der Waals surface area contributed by atoms with E-state index in [1.807, 2.05) is 31.2 Å². The molecule has 2 aliphatic heterocycles. The van der Waals surface area contributed by atoms with Gasteiger partial charge in [0.05, 0.1) is 11.1 Å². The number of amides is 1. The first-order valence-corrected chi connectivity index (χ1v) is 9.01. The molecule has 2 aliphatic rings. The van der Waals surface area contributed by atoms with Crippen LogP contribution in [0.4, 0.5) is 0 Å². The number of carbonyl (C=O) groups is 1. The zero-order valence-corrected chi connectivity index (χ0v) is 17.1. The molecule has 136 valence electrons. The van der Waals surface area contributed by atoms with E-state index in [9.17, 15) is 4.79 Å². The Morgan fingerprint density at radius 1 is 1.20 bits per heavy atom. The zero-order chi connectivity index (χ0) is 16.0. The van der Waals surface area contributed by atoms with Gasteiger partial charge in [0.25, 0.3) is 5.91 Å². The number of piperidine rings is 1. The molecule has 25 heavy (non-hydrogen) atoms. The summed E-state index contributed by atoms with van der Waals surface area (Å²) in [5.74, 6) is 0.0184. The number of nitrogens with one attached hydrogen (secondary N) is 2. The highest BCUT2D eigenvalue weighted by molar-refractivity contribution is 9.10. The van der Waals surface area contributed by atoms with E-state index in [1.54, 1.807) is 0 Å². The van der Waals surface area contributed by atoms with E-state index in [4.69, 9.17) is 0 Å². The fourth-order valence-electron chi connectivity index (χ4n) is 3.96. The Balaban J connectivity index is 0.00000113. The molecule has 1 aromatic heterocycles. The molecule has 2 aromatic rings. The van der Waals surface area contributed by atoms with Crippen LogP contribution in [0.15, 0.2) is 28.7 Å². The number of aryl methyl sites for hydroxylation is 1. The number of hydrogen-bond donors (Lipinski definition) is 2. The lowest BCUT2D eigenvalue weighted by Gasteiger charge is -2.29. The third-order valence-electron chi connectivity index (χ3n) is 4.95. The number of rotatable bonds is 2. The molecule has 2 saturated heterocycles. The second-order valence-corrected chi connectivity index (χ2v) is 7.67. The monoisotopic (exact) mass is 445 g/mol. The molecule has 0 spiro atoms. The van der Waals surface area contributed by atoms with Crippen LogP contribution in [0.2, 0.25) is 0 Å². The number of fused-ring (bicyclic) bond motifs is 3. The van der Waals surface area contributed by atoms with Gasteiger partial charge in [-0.25, -0.2) is 0 Å². The maximum Gasteiger partial charge on any atom is 0.252 e. The van der Waals surface area contributed by atoms with E-state index >= 15 is 0 Å². The number of nitrogens with zero attached hydrogens (tertiary/aromatic N) is 1. The minimum Gasteiger partial charge on any atom is -0.349 e. The van der Waals surface area contributed by atoms with E-state index in [2.05, 4.69) is 31.5 Å². The van der Waals surface area contributed by atoms with Crippen molar-refractivity contribution in [2.45, 2.75) is 50.7 Å². The molecule has 4 rings (SSSR count). The Morgan fingerprint density at radius 3 is 2.56 bits per heavy atom. The summed E-state index contributed by atoms with van der Waals surface area (Å²) in [6.45, 7) is 1.93. The largest absolute Gasteiger partial charge is 0.349 e. The highest BCUT2D eigenvalue weighted by Crippen LogP contribution is 2.28. The van der Waals surface area contributed by atoms with Crippen molar-refractivity contribution in [2.75, 3.05) is 0 Å². The summed E-state index contributed by atoms with van der Waals surface area (Å²) >= 11 is 3.49. The molecule has 0 aliphatic carbocycles. The molecule has 0 saturated carbocycles. The standard InChI is InChI=1S/C18H20BrN3O.2ClH/c1-10-6-16(15-7-11(19)2-5-17(15)20-10)18(23)22-14-8-12-3-4-13(9-14)21-12;;/h2,5-7,12-14,21H,3-4,8-9H2,1H3,(H,22,23);2*1H. The molecule has 7 heteroatoms. The molecule has 1 amide bonds. The third-order valence-corrected chi connectivity index (χ3v) is 5.44. The summed E-state index contributed by atoms with van der Waals surface area (Å²) in [7, 11) is 0. The predicted molar refractivity (Wildman–Crippen MR) is 109 cm³/mol. The first-order chi connectivity index (χ1) is 11.1. The van der Waals surface area contributed by atoms with Gasteiger partial charge >= 0.3 is 0 Å². The Bertz CT molecular complexity index is 774. The highest BCUT2D eigenvalue weighted by Gasteiger charge is 2.34. The van der Waals surface area contributed by atoms with Crippen LogP contribution in [0.3, 0.4) is 0 Å². The normalized spacial score (nSPS) is 24.3. The van der Waals surface area contributed by atoms with Crippen molar-refractivity contribution in [2.24, 2.45) is 0 Å². The fourth-order valence-corrected chi connectivity index (χ4v) is 4.32. The van der Waals surface area contributed by atoms with Crippen LogP contribution in [0.1, 0.15) is 41.7 Å². The number of pyridine rings is 1. The van der Waals surface area contributed by atoms with Crippen LogP contribution >= 0.6 is 40.7 Å². The number of hydrogen-bond acceptors (Lipinski definition) is 3. The van der Waals surface area contributed by atoms with Crippen molar-refractivity contribution in [1.29, 1.82) is 0 Å². The topological polar surface area (TPSA) is 54.0 Å². The van der Waals surface area contributed by atoms with Crippen molar-refractivity contribution < 1.29 is 4.79 Å². The quantitative estimate of drug-likeness (QED) is 0.727. The Hall–Kier alpha value is -0.880. The van der Waals surface area contributed by atoms with Gasteiger partial charge in [0.2, 0.25) is 0 Å². The molecule has 2 fully saturated rings. The van der Waals surface area contributed by atoms with E-state index in [1.165, 1.54) is 12.8 Å². The molecule has 2 atom stereocenters. The summed E-state index contributed by atoms with van der Waals surface area (Å²) in [4.78, 5) is 17.4. The van der Waals surface area contributed by atoms with Gasteiger partial charge in [0.15, 0.2) is 0 Å². The molecule has 2 bridgehead atoms. The summed E-state index contributed by atoms with van der Waals surface area (Å²) in [6.07, 6.45) is 4.55. The van der Waals surface area contributed by atoms with E-state index in [0.717, 1.165) is 39.5 Å². The van der Waals surface area contributed by atoms with Crippen molar-refractivity contribution in [3.8, 4) is 0 Å². The van der Waals surface area contributed by atoms with Gasteiger partial charge < -0.3 is 10.6 Å². The molecule has 0 radical (unpaired) electrons. The Morgan fingerprint density at radius 2 is 1.88 bits per heavy atom. The fraction of sp³-hybridized carbons (Fsp3) is 0.444. The van der Waals surface area contributed by atoms with Crippen LogP contribution in [-0.4, -0.2) is 29.0 Å². The maximum atomic E-state index is 12.8. The van der Waals surface area contributed by atoms with Gasteiger partial charge in [-0.15, -0.1) is 24.8 Å². The number of aromatic nitrogens is 1. The minimum absolute atomic E-state index is 0. The average molecular weight is 447 g/mol. The molecule has 1 aromatic carbocycles. The van der Waals surface area contributed by atoms with Gasteiger partial charge in [-0.05, 0) is 56.9 Å². The lowest BCUT2D eigenvalue weighted by atomic mass is 9.99. The van der Waals surface area contributed by atoms with Crippen molar-refractivity contribution in [3.63, 3.8) is 0 Å². The van der Waals surface area contributed by atoms with Crippen LogP contribution in [0, 0.1) is 6.92 Å². The molecule has 2 unspecified atom stereocenters. The zero-order valence-electron chi connectivity index (χ0n) is 13.9. The average Bonchev–Trinajstić information content (AvgIpc) is 2.85. The first-order valence-electron chi connectivity index (χ1n) is 8.22. The second kappa shape index (κ2) is 8.21.